The van der Waals surface area contributed by atoms with Crippen LogP contribution in [0, 0.1) is 0 Å². The van der Waals surface area contributed by atoms with Gasteiger partial charge in [0.1, 0.15) is 5.75 Å². The van der Waals surface area contributed by atoms with E-state index in [-0.39, 0.29) is 17.1 Å². The quantitative estimate of drug-likeness (QED) is 0.637. The first-order valence-electron chi connectivity index (χ1n) is 6.84. The van der Waals surface area contributed by atoms with Crippen molar-refractivity contribution in [2.24, 2.45) is 0 Å². The minimum absolute atomic E-state index is 0.198. The number of fused-ring (bicyclic) bond motifs is 1. The van der Waals surface area contributed by atoms with Gasteiger partial charge in [0.2, 0.25) is 0 Å². The fraction of sp³-hybridized carbons (Fsp3) is 0.111. The van der Waals surface area contributed by atoms with Crippen LogP contribution in [0.2, 0.25) is 0 Å². The maximum atomic E-state index is 12.4. The van der Waals surface area contributed by atoms with Gasteiger partial charge in [0, 0.05) is 16.7 Å². The summed E-state index contributed by atoms with van der Waals surface area (Å²) in [5.74, 6) is 0.229. The Balaban J connectivity index is 2.07. The Labute approximate surface area is 122 Å². The van der Waals surface area contributed by atoms with E-state index in [0.717, 1.165) is 5.56 Å². The Morgan fingerprint density at radius 1 is 0.905 bits per heavy atom. The number of benzene rings is 2. The largest absolute Gasteiger partial charge is 0.493 e. The van der Waals surface area contributed by atoms with Crippen molar-refractivity contribution in [2.45, 2.75) is 6.92 Å². The van der Waals surface area contributed by atoms with Crippen LogP contribution in [0.1, 0.15) is 33.2 Å². The second-order valence-electron chi connectivity index (χ2n) is 4.73. The third-order valence-electron chi connectivity index (χ3n) is 3.42. The minimum Gasteiger partial charge on any atom is -0.493 e. The lowest BCUT2D eigenvalue weighted by Crippen LogP contribution is -2.01. The van der Waals surface area contributed by atoms with Crippen molar-refractivity contribution in [3.63, 3.8) is 0 Å². The van der Waals surface area contributed by atoms with Gasteiger partial charge in [-0.3, -0.25) is 9.59 Å². The van der Waals surface area contributed by atoms with E-state index in [0.29, 0.717) is 23.5 Å². The summed E-state index contributed by atoms with van der Waals surface area (Å²) in [4.78, 5) is 24.7. The van der Waals surface area contributed by atoms with E-state index < -0.39 is 0 Å². The first-order valence-corrected chi connectivity index (χ1v) is 6.84. The number of allylic oxidation sites excluding steroid dienone is 1. The molecule has 0 unspecified atom stereocenters. The second-order valence-corrected chi connectivity index (χ2v) is 4.73. The number of Topliss-reactive ketones (excluding diaryl/α,β-unsaturated/α-hetero) is 2. The summed E-state index contributed by atoms with van der Waals surface area (Å²) in [5.41, 5.74) is 1.89. The summed E-state index contributed by atoms with van der Waals surface area (Å²) in [5, 5.41) is 0. The van der Waals surface area contributed by atoms with Gasteiger partial charge in [-0.2, -0.15) is 0 Å². The fourth-order valence-corrected chi connectivity index (χ4v) is 2.45. The standard InChI is InChI=1S/C18H14O3/c1-2-21-16-10-6-3-7-12(16)11-15-17(19)13-8-4-5-9-14(13)18(15)20/h3-11H,2H2,1H3. The minimum atomic E-state index is -0.220. The first kappa shape index (κ1) is 13.3. The van der Waals surface area contributed by atoms with Crippen molar-refractivity contribution in [1.82, 2.24) is 0 Å². The molecule has 0 amide bonds. The van der Waals surface area contributed by atoms with Crippen LogP contribution < -0.4 is 4.74 Å². The van der Waals surface area contributed by atoms with E-state index in [1.54, 1.807) is 30.3 Å². The summed E-state index contributed by atoms with van der Waals surface area (Å²) >= 11 is 0. The van der Waals surface area contributed by atoms with Crippen LogP contribution in [-0.4, -0.2) is 18.2 Å². The molecule has 0 saturated heterocycles. The van der Waals surface area contributed by atoms with E-state index in [2.05, 4.69) is 0 Å². The SMILES string of the molecule is CCOc1ccccc1C=C1C(=O)c2ccccc2C1=O. The predicted octanol–water partition coefficient (Wildman–Crippen LogP) is 3.55. The number of hydrogen-bond acceptors (Lipinski definition) is 3. The third kappa shape index (κ3) is 2.27. The van der Waals surface area contributed by atoms with Gasteiger partial charge in [-0.05, 0) is 19.1 Å². The third-order valence-corrected chi connectivity index (χ3v) is 3.42. The van der Waals surface area contributed by atoms with Gasteiger partial charge < -0.3 is 4.74 Å². The zero-order valence-corrected chi connectivity index (χ0v) is 11.6. The molecule has 0 aliphatic heterocycles. The molecule has 0 N–H and O–H groups in total. The molecule has 0 saturated carbocycles. The average molecular weight is 278 g/mol. The van der Waals surface area contributed by atoms with Crippen LogP contribution in [0.15, 0.2) is 54.1 Å². The zero-order valence-electron chi connectivity index (χ0n) is 11.6. The zero-order chi connectivity index (χ0) is 14.8. The highest BCUT2D eigenvalue weighted by Gasteiger charge is 2.32. The van der Waals surface area contributed by atoms with Crippen LogP contribution in [0.4, 0.5) is 0 Å². The lowest BCUT2D eigenvalue weighted by molar-refractivity contribution is 0.0990. The predicted molar refractivity (Wildman–Crippen MR) is 80.7 cm³/mol. The normalized spacial score (nSPS) is 13.3. The molecule has 21 heavy (non-hydrogen) atoms. The molecule has 1 aliphatic carbocycles. The second kappa shape index (κ2) is 5.37. The summed E-state index contributed by atoms with van der Waals surface area (Å²) in [6, 6.07) is 14.3. The molecule has 0 aromatic heterocycles. The summed E-state index contributed by atoms with van der Waals surface area (Å²) in [6.45, 7) is 2.42. The van der Waals surface area contributed by atoms with Crippen molar-refractivity contribution in [1.29, 1.82) is 0 Å². The van der Waals surface area contributed by atoms with Gasteiger partial charge in [0.15, 0.2) is 11.6 Å². The highest BCUT2D eigenvalue weighted by Crippen LogP contribution is 2.29. The molecule has 0 fully saturated rings. The van der Waals surface area contributed by atoms with E-state index >= 15 is 0 Å². The van der Waals surface area contributed by atoms with E-state index in [1.165, 1.54) is 0 Å². The fourth-order valence-electron chi connectivity index (χ4n) is 2.45. The summed E-state index contributed by atoms with van der Waals surface area (Å²) < 4.78 is 5.53. The maximum absolute atomic E-state index is 12.4. The number of ketones is 2. The summed E-state index contributed by atoms with van der Waals surface area (Å²) in [6.07, 6.45) is 1.62. The molecule has 3 nitrogen and oxygen atoms in total. The number of hydrogen-bond donors (Lipinski definition) is 0. The van der Waals surface area contributed by atoms with Crippen molar-refractivity contribution in [3.05, 3.63) is 70.8 Å². The first-order chi connectivity index (χ1) is 10.2. The molecule has 2 aromatic rings. The molecule has 1 aliphatic rings. The Kier molecular flexibility index (Phi) is 3.40. The van der Waals surface area contributed by atoms with Crippen LogP contribution in [0.3, 0.4) is 0 Å². The van der Waals surface area contributed by atoms with Crippen molar-refractivity contribution in [2.75, 3.05) is 6.61 Å². The maximum Gasteiger partial charge on any atom is 0.197 e. The molecule has 0 atom stereocenters. The van der Waals surface area contributed by atoms with Gasteiger partial charge in [0.25, 0.3) is 0 Å². The highest BCUT2D eigenvalue weighted by atomic mass is 16.5. The van der Waals surface area contributed by atoms with Gasteiger partial charge in [-0.25, -0.2) is 0 Å². The van der Waals surface area contributed by atoms with Crippen molar-refractivity contribution >= 4 is 17.6 Å². The lowest BCUT2D eigenvalue weighted by atomic mass is 10.1. The molecule has 0 heterocycles. The molecular formula is C18H14O3. The number of ether oxygens (including phenoxy) is 1. The van der Waals surface area contributed by atoms with E-state index in [4.69, 9.17) is 4.74 Å². The monoisotopic (exact) mass is 278 g/mol. The number of rotatable bonds is 3. The molecule has 2 aromatic carbocycles. The molecule has 0 spiro atoms. The molecule has 0 radical (unpaired) electrons. The van der Waals surface area contributed by atoms with Crippen LogP contribution in [0.25, 0.3) is 6.08 Å². The van der Waals surface area contributed by atoms with Gasteiger partial charge in [-0.15, -0.1) is 0 Å². The topological polar surface area (TPSA) is 43.4 Å². The van der Waals surface area contributed by atoms with Crippen LogP contribution in [0.5, 0.6) is 5.75 Å². The van der Waals surface area contributed by atoms with E-state index in [9.17, 15) is 9.59 Å². The van der Waals surface area contributed by atoms with Crippen molar-refractivity contribution < 1.29 is 14.3 Å². The lowest BCUT2D eigenvalue weighted by Gasteiger charge is -2.06. The smallest absolute Gasteiger partial charge is 0.197 e. The Morgan fingerprint density at radius 2 is 1.48 bits per heavy atom. The molecule has 3 rings (SSSR count). The van der Waals surface area contributed by atoms with Gasteiger partial charge >= 0.3 is 0 Å². The van der Waals surface area contributed by atoms with Crippen LogP contribution >= 0.6 is 0 Å². The molecule has 0 bridgehead atoms. The Bertz CT molecular complexity index is 720. The number of carbonyl (C=O) groups is 2. The average Bonchev–Trinajstić information content (AvgIpc) is 2.75. The van der Waals surface area contributed by atoms with Crippen LogP contribution in [-0.2, 0) is 0 Å². The van der Waals surface area contributed by atoms with Gasteiger partial charge in [0.05, 0.1) is 12.2 Å². The number of para-hydroxylation sites is 1. The Hall–Kier alpha value is -2.68. The van der Waals surface area contributed by atoms with E-state index in [1.807, 2.05) is 31.2 Å². The molecular weight excluding hydrogens is 264 g/mol. The van der Waals surface area contributed by atoms with Crippen molar-refractivity contribution in [3.8, 4) is 5.75 Å². The Morgan fingerprint density at radius 3 is 2.10 bits per heavy atom. The summed E-state index contributed by atoms with van der Waals surface area (Å²) in [7, 11) is 0. The molecule has 104 valence electrons. The van der Waals surface area contributed by atoms with Gasteiger partial charge in [-0.1, -0.05) is 42.5 Å². The molecule has 3 heteroatoms. The number of carbonyl (C=O) groups excluding carboxylic acids is 2. The highest BCUT2D eigenvalue weighted by molar-refractivity contribution is 6.41.